The van der Waals surface area contributed by atoms with Gasteiger partial charge in [0.15, 0.2) is 5.65 Å². The largest absolute Gasteiger partial charge is 0.365 e. The fourth-order valence-electron chi connectivity index (χ4n) is 3.95. The number of fused-ring (bicyclic) bond motifs is 1. The Balaban J connectivity index is 1.42. The van der Waals surface area contributed by atoms with Crippen molar-refractivity contribution in [2.24, 2.45) is 5.73 Å². The van der Waals surface area contributed by atoms with Gasteiger partial charge in [-0.2, -0.15) is 5.10 Å². The average Bonchev–Trinajstić information content (AvgIpc) is 3.35. The molecule has 1 fully saturated rings. The molecule has 1 saturated heterocycles. The van der Waals surface area contributed by atoms with Crippen LogP contribution in [-0.2, 0) is 16.0 Å². The van der Waals surface area contributed by atoms with E-state index in [2.05, 4.69) is 15.4 Å². The zero-order chi connectivity index (χ0) is 22.1. The van der Waals surface area contributed by atoms with Gasteiger partial charge in [0.2, 0.25) is 11.8 Å². The maximum Gasteiger partial charge on any atom is 0.254 e. The Morgan fingerprint density at radius 3 is 2.58 bits per heavy atom. The van der Waals surface area contributed by atoms with Gasteiger partial charge in [-0.3, -0.25) is 14.4 Å². The molecule has 0 radical (unpaired) electrons. The maximum atomic E-state index is 12.5. The topological polar surface area (TPSA) is 123 Å². The lowest BCUT2D eigenvalue weighted by Crippen LogP contribution is -2.23. The van der Waals surface area contributed by atoms with Gasteiger partial charge in [0, 0.05) is 42.1 Å². The molecule has 3 heterocycles. The number of rotatable bonds is 6. The van der Waals surface area contributed by atoms with E-state index in [1.54, 1.807) is 21.5 Å². The van der Waals surface area contributed by atoms with E-state index in [1.165, 1.54) is 6.20 Å². The number of benzene rings is 1. The number of primary amides is 1. The number of carbonyl (C=O) groups is 3. The van der Waals surface area contributed by atoms with Crippen molar-refractivity contribution < 1.29 is 14.4 Å². The Bertz CT molecular complexity index is 1180. The molecular weight excluding hydrogens is 396 g/mol. The summed E-state index contributed by atoms with van der Waals surface area (Å²) in [7, 11) is 0. The van der Waals surface area contributed by atoms with Crippen molar-refractivity contribution in [2.45, 2.75) is 39.5 Å². The van der Waals surface area contributed by atoms with Crippen molar-refractivity contribution in [1.82, 2.24) is 14.6 Å². The van der Waals surface area contributed by atoms with Gasteiger partial charge in [-0.1, -0.05) is 0 Å². The Labute approximate surface area is 179 Å². The van der Waals surface area contributed by atoms with Crippen molar-refractivity contribution in [2.75, 3.05) is 16.8 Å². The molecule has 9 nitrogen and oxygen atoms in total. The van der Waals surface area contributed by atoms with E-state index in [1.807, 2.05) is 26.0 Å². The highest BCUT2D eigenvalue weighted by atomic mass is 16.2. The minimum atomic E-state index is -0.575. The summed E-state index contributed by atoms with van der Waals surface area (Å²) in [5.41, 5.74) is 10.1. The van der Waals surface area contributed by atoms with E-state index in [0.717, 1.165) is 35.6 Å². The zero-order valence-corrected chi connectivity index (χ0v) is 17.5. The van der Waals surface area contributed by atoms with Gasteiger partial charge in [-0.25, -0.2) is 9.50 Å². The summed E-state index contributed by atoms with van der Waals surface area (Å²) in [4.78, 5) is 42.1. The van der Waals surface area contributed by atoms with E-state index < -0.39 is 5.91 Å². The maximum absolute atomic E-state index is 12.5. The molecule has 0 aliphatic carbocycles. The first kappa shape index (κ1) is 20.5. The standard InChI is InChI=1S/C22H24N6O3/c1-13-17(14(2)28-22(25-13)18(12-24-28)21(23)31)9-10-19(29)26-15-5-7-16(8-6-15)27-11-3-4-20(27)30/h5-8,12H,3-4,9-11H2,1-2H3,(H2,23,31)(H,26,29). The molecule has 4 rings (SSSR count). The molecule has 3 aromatic rings. The second-order valence-electron chi connectivity index (χ2n) is 7.66. The third-order valence-electron chi connectivity index (χ3n) is 5.61. The van der Waals surface area contributed by atoms with Gasteiger partial charge in [0.1, 0.15) is 5.56 Å². The predicted octanol–water partition coefficient (Wildman–Crippen LogP) is 2.14. The molecular formula is C22H24N6O3. The molecule has 3 N–H and O–H groups in total. The Morgan fingerprint density at radius 2 is 1.94 bits per heavy atom. The van der Waals surface area contributed by atoms with Crippen LogP contribution in [0.3, 0.4) is 0 Å². The first-order chi connectivity index (χ1) is 14.8. The summed E-state index contributed by atoms with van der Waals surface area (Å²) in [5, 5.41) is 7.10. The summed E-state index contributed by atoms with van der Waals surface area (Å²) in [6.45, 7) is 4.46. The summed E-state index contributed by atoms with van der Waals surface area (Å²) in [6, 6.07) is 7.30. The number of nitrogens with one attached hydrogen (secondary N) is 1. The van der Waals surface area contributed by atoms with Crippen LogP contribution in [0.15, 0.2) is 30.5 Å². The number of aromatic nitrogens is 3. The van der Waals surface area contributed by atoms with Crippen LogP contribution in [0.1, 0.15) is 46.6 Å². The second kappa shape index (κ2) is 8.17. The second-order valence-corrected chi connectivity index (χ2v) is 7.66. The van der Waals surface area contributed by atoms with Crippen LogP contribution in [0, 0.1) is 13.8 Å². The number of amides is 3. The minimum absolute atomic E-state index is 0.123. The molecule has 3 amide bonds. The van der Waals surface area contributed by atoms with Crippen LogP contribution in [-0.4, -0.2) is 38.9 Å². The van der Waals surface area contributed by atoms with Gasteiger partial charge < -0.3 is 16.0 Å². The first-order valence-corrected chi connectivity index (χ1v) is 10.2. The van der Waals surface area contributed by atoms with Crippen molar-refractivity contribution >= 4 is 34.7 Å². The number of anilines is 2. The van der Waals surface area contributed by atoms with Crippen LogP contribution in [0.25, 0.3) is 5.65 Å². The highest BCUT2D eigenvalue weighted by Gasteiger charge is 2.21. The summed E-state index contributed by atoms with van der Waals surface area (Å²) in [5.74, 6) is -0.566. The van der Waals surface area contributed by atoms with Crippen LogP contribution >= 0.6 is 0 Å². The molecule has 31 heavy (non-hydrogen) atoms. The van der Waals surface area contributed by atoms with E-state index in [0.29, 0.717) is 24.2 Å². The number of nitrogens with zero attached hydrogens (tertiary/aromatic N) is 4. The van der Waals surface area contributed by atoms with Crippen molar-refractivity contribution in [3.05, 3.63) is 53.0 Å². The van der Waals surface area contributed by atoms with Crippen molar-refractivity contribution in [1.29, 1.82) is 0 Å². The average molecular weight is 420 g/mol. The number of carbonyl (C=O) groups excluding carboxylic acids is 3. The first-order valence-electron chi connectivity index (χ1n) is 10.2. The molecule has 0 unspecified atom stereocenters. The highest BCUT2D eigenvalue weighted by Crippen LogP contribution is 2.23. The number of nitrogens with two attached hydrogens (primary N) is 1. The van der Waals surface area contributed by atoms with Crippen LogP contribution in [0.2, 0.25) is 0 Å². The van der Waals surface area contributed by atoms with Gasteiger partial charge in [-0.05, 0) is 56.5 Å². The minimum Gasteiger partial charge on any atom is -0.365 e. The third kappa shape index (κ3) is 3.98. The van der Waals surface area contributed by atoms with Crippen molar-refractivity contribution in [3.63, 3.8) is 0 Å². The molecule has 1 aliphatic rings. The number of hydrogen-bond donors (Lipinski definition) is 2. The zero-order valence-electron chi connectivity index (χ0n) is 17.5. The van der Waals surface area contributed by atoms with Gasteiger partial charge in [-0.15, -0.1) is 0 Å². The number of aryl methyl sites for hydroxylation is 2. The monoisotopic (exact) mass is 420 g/mol. The lowest BCUT2D eigenvalue weighted by atomic mass is 10.1. The molecule has 0 spiro atoms. The van der Waals surface area contributed by atoms with Gasteiger partial charge in [0.25, 0.3) is 5.91 Å². The number of hydrogen-bond acceptors (Lipinski definition) is 5. The van der Waals surface area contributed by atoms with E-state index in [4.69, 9.17) is 5.73 Å². The molecule has 160 valence electrons. The van der Waals surface area contributed by atoms with Crippen LogP contribution < -0.4 is 16.0 Å². The van der Waals surface area contributed by atoms with E-state index in [9.17, 15) is 14.4 Å². The Morgan fingerprint density at radius 1 is 1.19 bits per heavy atom. The Hall–Kier alpha value is -3.75. The highest BCUT2D eigenvalue weighted by molar-refractivity contribution is 5.98. The third-order valence-corrected chi connectivity index (χ3v) is 5.61. The van der Waals surface area contributed by atoms with E-state index in [-0.39, 0.29) is 23.8 Å². The molecule has 1 aliphatic heterocycles. The summed E-state index contributed by atoms with van der Waals surface area (Å²) >= 11 is 0. The Kier molecular flexibility index (Phi) is 5.41. The summed E-state index contributed by atoms with van der Waals surface area (Å²) < 4.78 is 1.58. The van der Waals surface area contributed by atoms with Gasteiger partial charge >= 0.3 is 0 Å². The van der Waals surface area contributed by atoms with Crippen LogP contribution in [0.4, 0.5) is 11.4 Å². The fraction of sp³-hybridized carbons (Fsp3) is 0.318. The van der Waals surface area contributed by atoms with Crippen molar-refractivity contribution in [3.8, 4) is 0 Å². The van der Waals surface area contributed by atoms with Gasteiger partial charge in [0.05, 0.1) is 6.20 Å². The lowest BCUT2D eigenvalue weighted by Gasteiger charge is -2.16. The molecule has 0 bridgehead atoms. The molecule has 2 aromatic heterocycles. The molecule has 0 saturated carbocycles. The lowest BCUT2D eigenvalue weighted by molar-refractivity contribution is -0.117. The smallest absolute Gasteiger partial charge is 0.254 e. The van der Waals surface area contributed by atoms with E-state index >= 15 is 0 Å². The predicted molar refractivity (Wildman–Crippen MR) is 116 cm³/mol. The quantitative estimate of drug-likeness (QED) is 0.632. The molecule has 1 aromatic carbocycles. The van der Waals surface area contributed by atoms with Crippen LogP contribution in [0.5, 0.6) is 0 Å². The fourth-order valence-corrected chi connectivity index (χ4v) is 3.95. The SMILES string of the molecule is Cc1nc2c(C(N)=O)cnn2c(C)c1CCC(=O)Nc1ccc(N2CCCC2=O)cc1. The molecule has 0 atom stereocenters. The normalized spacial score (nSPS) is 13.7. The summed E-state index contributed by atoms with van der Waals surface area (Å²) in [6.07, 6.45) is 3.62. The molecule has 9 heteroatoms.